The molecule has 23 heavy (non-hydrogen) atoms. The van der Waals surface area contributed by atoms with E-state index in [-0.39, 0.29) is 17.4 Å². The van der Waals surface area contributed by atoms with E-state index in [9.17, 15) is 13.2 Å². The highest BCUT2D eigenvalue weighted by Crippen LogP contribution is 2.32. The number of nitrogens with zero attached hydrogens (tertiary/aromatic N) is 2. The van der Waals surface area contributed by atoms with Crippen LogP contribution in [0.5, 0.6) is 0 Å². The Balaban J connectivity index is 1.99. The number of fused-ring (bicyclic) bond motifs is 1. The number of hydrogen-bond donors (Lipinski definition) is 0. The Kier molecular flexibility index (Phi) is 4.33. The van der Waals surface area contributed by atoms with Gasteiger partial charge in [0.15, 0.2) is 15.0 Å². The summed E-state index contributed by atoms with van der Waals surface area (Å²) in [5, 5.41) is 0.623. The molecule has 0 radical (unpaired) electrons. The van der Waals surface area contributed by atoms with Gasteiger partial charge in [0.2, 0.25) is 0 Å². The molecule has 5 nitrogen and oxygen atoms in total. The number of aromatic nitrogens is 2. The zero-order valence-corrected chi connectivity index (χ0v) is 14.7. The Morgan fingerprint density at radius 3 is 2.65 bits per heavy atom. The largest absolute Gasteiger partial charge is 0.282 e. The van der Waals surface area contributed by atoms with Crippen molar-refractivity contribution in [2.75, 3.05) is 11.5 Å². The lowest BCUT2D eigenvalue weighted by atomic mass is 10.2. The van der Waals surface area contributed by atoms with Gasteiger partial charge in [0, 0.05) is 17.0 Å². The molecule has 0 spiro atoms. The number of thioether (sulfide) groups is 1. The maximum absolute atomic E-state index is 12.7. The zero-order chi connectivity index (χ0) is 16.6. The lowest BCUT2D eigenvalue weighted by molar-refractivity contribution is 0.520. The third kappa shape index (κ3) is 2.95. The average molecular weight is 350 g/mol. The van der Waals surface area contributed by atoms with Crippen molar-refractivity contribution in [3.05, 3.63) is 51.9 Å². The van der Waals surface area contributed by atoms with Crippen LogP contribution in [0.25, 0.3) is 0 Å². The smallest absolute Gasteiger partial charge is 0.257 e. The summed E-state index contributed by atoms with van der Waals surface area (Å²) in [4.78, 5) is 17.4. The molecule has 7 heteroatoms. The van der Waals surface area contributed by atoms with E-state index in [1.807, 2.05) is 13.8 Å². The van der Waals surface area contributed by atoms with Crippen LogP contribution in [-0.4, -0.2) is 29.5 Å². The normalized spacial score (nSPS) is 17.2. The molecular weight excluding hydrogens is 332 g/mol. The molecule has 122 valence electrons. The molecule has 0 aliphatic carbocycles. The van der Waals surface area contributed by atoms with E-state index in [2.05, 4.69) is 4.98 Å². The summed E-state index contributed by atoms with van der Waals surface area (Å²) in [5.74, 6) is 0.478. The van der Waals surface area contributed by atoms with E-state index in [1.54, 1.807) is 34.9 Å². The van der Waals surface area contributed by atoms with E-state index in [1.165, 1.54) is 11.8 Å². The van der Waals surface area contributed by atoms with Crippen molar-refractivity contribution in [1.82, 2.24) is 9.55 Å². The van der Waals surface area contributed by atoms with Crippen molar-refractivity contribution in [1.29, 1.82) is 0 Å². The van der Waals surface area contributed by atoms with Crippen LogP contribution in [0.3, 0.4) is 0 Å². The van der Waals surface area contributed by atoms with Gasteiger partial charge < -0.3 is 0 Å². The quantitative estimate of drug-likeness (QED) is 0.791. The third-order valence-electron chi connectivity index (χ3n) is 4.02. The van der Waals surface area contributed by atoms with E-state index in [4.69, 9.17) is 0 Å². The Morgan fingerprint density at radius 1 is 1.30 bits per heavy atom. The van der Waals surface area contributed by atoms with Crippen LogP contribution < -0.4 is 5.56 Å². The van der Waals surface area contributed by atoms with Crippen LogP contribution in [0.4, 0.5) is 0 Å². The van der Waals surface area contributed by atoms with Gasteiger partial charge in [-0.05, 0) is 25.5 Å². The van der Waals surface area contributed by atoms with Gasteiger partial charge in [0.05, 0.1) is 16.7 Å². The van der Waals surface area contributed by atoms with Gasteiger partial charge in [-0.25, -0.2) is 13.4 Å². The van der Waals surface area contributed by atoms with Crippen molar-refractivity contribution in [2.24, 2.45) is 0 Å². The van der Waals surface area contributed by atoms with Gasteiger partial charge in [-0.1, -0.05) is 36.9 Å². The molecule has 0 N–H and O–H groups in total. The third-order valence-corrected chi connectivity index (χ3v) is 6.93. The van der Waals surface area contributed by atoms with E-state index in [0.717, 1.165) is 5.69 Å². The maximum Gasteiger partial charge on any atom is 0.257 e. The monoisotopic (exact) mass is 350 g/mol. The molecule has 1 aromatic carbocycles. The molecule has 0 unspecified atom stereocenters. The predicted molar refractivity (Wildman–Crippen MR) is 90.9 cm³/mol. The Hall–Kier alpha value is -1.60. The first-order chi connectivity index (χ1) is 10.9. The fourth-order valence-corrected chi connectivity index (χ4v) is 5.70. The molecule has 1 atom stereocenters. The number of benzene rings is 1. The summed E-state index contributed by atoms with van der Waals surface area (Å²) < 4.78 is 26.7. The van der Waals surface area contributed by atoms with Gasteiger partial charge >= 0.3 is 0 Å². The van der Waals surface area contributed by atoms with Gasteiger partial charge in [-0.15, -0.1) is 0 Å². The first-order valence-corrected chi connectivity index (χ1v) is 10.1. The molecule has 2 aromatic rings. The summed E-state index contributed by atoms with van der Waals surface area (Å²) in [6.07, 6.45) is 0.598. The fraction of sp³-hybridized carbons (Fsp3) is 0.375. The van der Waals surface area contributed by atoms with Gasteiger partial charge in [0.1, 0.15) is 0 Å². The minimum atomic E-state index is -3.43. The first-order valence-electron chi connectivity index (χ1n) is 7.46. The van der Waals surface area contributed by atoms with E-state index in [0.29, 0.717) is 27.8 Å². The number of hydrogen-bond acceptors (Lipinski definition) is 5. The Labute approximate surface area is 139 Å². The predicted octanol–water partition coefficient (Wildman–Crippen LogP) is 2.23. The molecular formula is C16H18N2O3S2. The lowest BCUT2D eigenvalue weighted by Gasteiger charge is -2.15. The molecule has 0 amide bonds. The highest BCUT2D eigenvalue weighted by molar-refractivity contribution is 7.99. The highest BCUT2D eigenvalue weighted by Gasteiger charge is 2.31. The highest BCUT2D eigenvalue weighted by atomic mass is 32.2. The van der Waals surface area contributed by atoms with Crippen molar-refractivity contribution in [3.63, 3.8) is 0 Å². The molecule has 0 bridgehead atoms. The summed E-state index contributed by atoms with van der Waals surface area (Å²) in [5.41, 5.74) is 1.30. The second kappa shape index (κ2) is 6.13. The second-order valence-electron chi connectivity index (χ2n) is 5.55. The Morgan fingerprint density at radius 2 is 2.00 bits per heavy atom. The zero-order valence-electron chi connectivity index (χ0n) is 13.0. The Bertz CT molecular complexity index is 890. The first kappa shape index (κ1) is 16.3. The van der Waals surface area contributed by atoms with Crippen molar-refractivity contribution >= 4 is 21.6 Å². The minimum Gasteiger partial charge on any atom is -0.282 e. The van der Waals surface area contributed by atoms with Crippen LogP contribution in [0, 0.1) is 6.92 Å². The van der Waals surface area contributed by atoms with Crippen molar-refractivity contribution in [3.8, 4) is 0 Å². The summed E-state index contributed by atoms with van der Waals surface area (Å²) >= 11 is 1.45. The molecule has 1 aromatic heterocycles. The summed E-state index contributed by atoms with van der Waals surface area (Å²) in [7, 11) is -3.43. The maximum atomic E-state index is 12.7. The fourth-order valence-electron chi connectivity index (χ4n) is 2.83. The summed E-state index contributed by atoms with van der Waals surface area (Å²) in [6, 6.07) is 8.00. The van der Waals surface area contributed by atoms with E-state index >= 15 is 0 Å². The SMILES string of the molecule is CCc1c(C)nc2n(c1=O)[C@H](CS(=O)(=O)c1ccccc1)CS2. The van der Waals surface area contributed by atoms with Crippen molar-refractivity contribution < 1.29 is 8.42 Å². The summed E-state index contributed by atoms with van der Waals surface area (Å²) in [6.45, 7) is 3.74. The minimum absolute atomic E-state index is 0.0786. The van der Waals surface area contributed by atoms with Crippen LogP contribution >= 0.6 is 11.8 Å². The van der Waals surface area contributed by atoms with Gasteiger partial charge in [-0.3, -0.25) is 9.36 Å². The molecule has 0 fully saturated rings. The molecule has 1 aliphatic rings. The molecule has 0 saturated carbocycles. The lowest BCUT2D eigenvalue weighted by Crippen LogP contribution is -2.31. The topological polar surface area (TPSA) is 69.0 Å². The van der Waals surface area contributed by atoms with Gasteiger partial charge in [0.25, 0.3) is 5.56 Å². The van der Waals surface area contributed by atoms with Crippen LogP contribution in [0.1, 0.15) is 24.2 Å². The molecule has 2 heterocycles. The van der Waals surface area contributed by atoms with Crippen LogP contribution in [0.2, 0.25) is 0 Å². The molecule has 0 saturated heterocycles. The molecule has 3 rings (SSSR count). The van der Waals surface area contributed by atoms with Gasteiger partial charge in [-0.2, -0.15) is 0 Å². The standard InChI is InChI=1S/C16H18N2O3S2/c1-3-14-11(2)17-16-18(15(14)19)12(9-22-16)10-23(20,21)13-7-5-4-6-8-13/h4-8,12H,3,9-10H2,1-2H3/t12-/m0/s1. The van der Waals surface area contributed by atoms with Crippen molar-refractivity contribution in [2.45, 2.75) is 36.4 Å². The van der Waals surface area contributed by atoms with Crippen LogP contribution in [-0.2, 0) is 16.3 Å². The molecule has 1 aliphatic heterocycles. The van der Waals surface area contributed by atoms with Crippen LogP contribution in [0.15, 0.2) is 45.2 Å². The van der Waals surface area contributed by atoms with E-state index < -0.39 is 9.84 Å². The second-order valence-corrected chi connectivity index (χ2v) is 8.57. The number of rotatable bonds is 4. The number of aryl methyl sites for hydroxylation is 1. The average Bonchev–Trinajstić information content (AvgIpc) is 2.90. The number of sulfone groups is 1.